The van der Waals surface area contributed by atoms with Crippen molar-refractivity contribution in [2.45, 2.75) is 25.4 Å². The van der Waals surface area contributed by atoms with Crippen molar-refractivity contribution in [3.63, 3.8) is 0 Å². The van der Waals surface area contributed by atoms with E-state index < -0.39 is 22.5 Å². The molecule has 2 rings (SSSR count). The number of halogens is 3. The molecule has 27 heavy (non-hydrogen) atoms. The fraction of sp³-hybridized carbons (Fsp3) is 0.235. The average molecular weight is 419 g/mol. The van der Waals surface area contributed by atoms with Crippen molar-refractivity contribution in [1.82, 2.24) is 4.72 Å². The Morgan fingerprint density at radius 1 is 1.19 bits per heavy atom. The Labute approximate surface area is 160 Å². The minimum Gasteiger partial charge on any atom is -0.433 e. The van der Waals surface area contributed by atoms with Crippen molar-refractivity contribution in [2.24, 2.45) is 0 Å². The zero-order valence-corrected chi connectivity index (χ0v) is 16.2. The van der Waals surface area contributed by atoms with Gasteiger partial charge in [-0.1, -0.05) is 11.6 Å². The van der Waals surface area contributed by atoms with Gasteiger partial charge >= 0.3 is 6.61 Å². The highest BCUT2D eigenvalue weighted by Gasteiger charge is 2.20. The number of nitrogens with one attached hydrogen (secondary N) is 2. The molecule has 0 aliphatic heterocycles. The summed E-state index contributed by atoms with van der Waals surface area (Å²) in [6.07, 6.45) is 0. The molecule has 0 spiro atoms. The molecular weight excluding hydrogens is 402 g/mol. The van der Waals surface area contributed by atoms with Crippen LogP contribution in [-0.2, 0) is 10.0 Å². The summed E-state index contributed by atoms with van der Waals surface area (Å²) in [5, 5.41) is 2.44. The second kappa shape index (κ2) is 8.20. The summed E-state index contributed by atoms with van der Waals surface area (Å²) in [6, 6.07) is 6.60. The first kappa shape index (κ1) is 21.1. The Bertz CT molecular complexity index is 981. The van der Waals surface area contributed by atoms with Crippen molar-refractivity contribution in [3.05, 3.63) is 52.0 Å². The fourth-order valence-corrected chi connectivity index (χ4v) is 3.61. The lowest BCUT2D eigenvalue weighted by Gasteiger charge is -2.13. The van der Waals surface area contributed by atoms with E-state index in [9.17, 15) is 22.0 Å². The average Bonchev–Trinajstić information content (AvgIpc) is 2.59. The van der Waals surface area contributed by atoms with Gasteiger partial charge in [0.2, 0.25) is 10.0 Å². The third-order valence-corrected chi connectivity index (χ3v) is 5.68. The molecule has 10 heteroatoms. The van der Waals surface area contributed by atoms with E-state index in [2.05, 4.69) is 14.8 Å². The first-order chi connectivity index (χ1) is 12.5. The summed E-state index contributed by atoms with van der Waals surface area (Å²) in [6.45, 7) is 0.308. The Morgan fingerprint density at radius 2 is 1.85 bits per heavy atom. The molecular formula is C17H17ClF2N2O4S. The van der Waals surface area contributed by atoms with Crippen molar-refractivity contribution >= 4 is 33.2 Å². The second-order valence-corrected chi connectivity index (χ2v) is 7.86. The number of hydrogen-bond acceptors (Lipinski definition) is 4. The summed E-state index contributed by atoms with van der Waals surface area (Å²) in [5.41, 5.74) is 1.51. The molecule has 0 heterocycles. The van der Waals surface area contributed by atoms with Crippen molar-refractivity contribution in [3.8, 4) is 5.75 Å². The minimum atomic E-state index is -3.74. The maximum absolute atomic E-state index is 12.5. The normalized spacial score (nSPS) is 11.5. The molecule has 2 aromatic rings. The number of carbonyl (C=O) groups excluding carboxylic acids is 1. The number of sulfonamides is 1. The second-order valence-electron chi connectivity index (χ2n) is 5.60. The molecule has 2 aromatic carbocycles. The van der Waals surface area contributed by atoms with E-state index in [1.165, 1.54) is 31.3 Å². The van der Waals surface area contributed by atoms with Crippen LogP contribution >= 0.6 is 11.6 Å². The molecule has 2 N–H and O–H groups in total. The molecule has 146 valence electrons. The Kier molecular flexibility index (Phi) is 6.40. The van der Waals surface area contributed by atoms with Crippen LogP contribution in [0.3, 0.4) is 0 Å². The summed E-state index contributed by atoms with van der Waals surface area (Å²) in [5.74, 6) is -0.803. The van der Waals surface area contributed by atoms with Crippen LogP contribution < -0.4 is 14.8 Å². The van der Waals surface area contributed by atoms with Crippen LogP contribution in [0.4, 0.5) is 14.5 Å². The lowest BCUT2D eigenvalue weighted by atomic mass is 10.1. The van der Waals surface area contributed by atoms with E-state index in [0.29, 0.717) is 11.1 Å². The largest absolute Gasteiger partial charge is 0.433 e. The van der Waals surface area contributed by atoms with Gasteiger partial charge in [-0.2, -0.15) is 8.78 Å². The standard InChI is InChI=1S/C17H17ClF2N2O4S/c1-9-6-11(7-15(10(9)2)27(24,25)21-3)16(23)22-12-4-5-14(13(18)8-12)26-17(19)20/h4-8,17,21H,1-3H3,(H,22,23). The molecule has 0 bridgehead atoms. The molecule has 0 radical (unpaired) electrons. The SMILES string of the molecule is CNS(=O)(=O)c1cc(C(=O)Nc2ccc(OC(F)F)c(Cl)c2)cc(C)c1C. The van der Waals surface area contributed by atoms with Crippen LogP contribution in [0, 0.1) is 13.8 Å². The molecule has 6 nitrogen and oxygen atoms in total. The molecule has 0 aliphatic carbocycles. The predicted molar refractivity (Wildman–Crippen MR) is 98.2 cm³/mol. The van der Waals surface area contributed by atoms with Crippen LogP contribution in [0.2, 0.25) is 5.02 Å². The molecule has 0 unspecified atom stereocenters. The van der Waals surface area contributed by atoms with E-state index >= 15 is 0 Å². The van der Waals surface area contributed by atoms with Crippen LogP contribution in [0.15, 0.2) is 35.2 Å². The Balaban J connectivity index is 2.33. The Morgan fingerprint density at radius 3 is 2.41 bits per heavy atom. The number of rotatable bonds is 6. The maximum Gasteiger partial charge on any atom is 0.387 e. The maximum atomic E-state index is 12.5. The van der Waals surface area contributed by atoms with E-state index in [-0.39, 0.29) is 26.9 Å². The van der Waals surface area contributed by atoms with Crippen molar-refractivity contribution < 1.29 is 26.7 Å². The van der Waals surface area contributed by atoms with Gasteiger partial charge in [-0.15, -0.1) is 0 Å². The summed E-state index contributed by atoms with van der Waals surface area (Å²) in [4.78, 5) is 12.5. The number of ether oxygens (including phenoxy) is 1. The van der Waals surface area contributed by atoms with Gasteiger partial charge < -0.3 is 10.1 Å². The number of aryl methyl sites for hydroxylation is 1. The van der Waals surface area contributed by atoms with Gasteiger partial charge in [0.05, 0.1) is 9.92 Å². The Hall–Kier alpha value is -2.23. The molecule has 0 fully saturated rings. The topological polar surface area (TPSA) is 84.5 Å². The van der Waals surface area contributed by atoms with E-state index in [0.717, 1.165) is 0 Å². The van der Waals surface area contributed by atoms with E-state index in [1.54, 1.807) is 19.9 Å². The third-order valence-electron chi connectivity index (χ3n) is 3.85. The summed E-state index contributed by atoms with van der Waals surface area (Å²) >= 11 is 5.86. The van der Waals surface area contributed by atoms with Crippen LogP contribution in [-0.4, -0.2) is 28.0 Å². The zero-order chi connectivity index (χ0) is 20.4. The summed E-state index contributed by atoms with van der Waals surface area (Å²) < 4.78 is 55.3. The van der Waals surface area contributed by atoms with Gasteiger partial charge in [0.15, 0.2) is 0 Å². The molecule has 0 aromatic heterocycles. The number of alkyl halides is 2. The number of amides is 1. The molecule has 0 saturated carbocycles. The number of benzene rings is 2. The van der Waals surface area contributed by atoms with Crippen molar-refractivity contribution in [2.75, 3.05) is 12.4 Å². The fourth-order valence-electron chi connectivity index (χ4n) is 2.32. The number of carbonyl (C=O) groups is 1. The van der Waals surface area contributed by atoms with E-state index in [4.69, 9.17) is 11.6 Å². The van der Waals surface area contributed by atoms with E-state index in [1.807, 2.05) is 0 Å². The zero-order valence-electron chi connectivity index (χ0n) is 14.6. The number of anilines is 1. The molecule has 0 atom stereocenters. The highest BCUT2D eigenvalue weighted by atomic mass is 35.5. The van der Waals surface area contributed by atoms with Gasteiger partial charge in [-0.3, -0.25) is 4.79 Å². The van der Waals surface area contributed by atoms with Gasteiger partial charge in [-0.05, 0) is 62.4 Å². The minimum absolute atomic E-state index is 0.00568. The lowest BCUT2D eigenvalue weighted by molar-refractivity contribution is -0.0497. The molecule has 0 saturated heterocycles. The lowest BCUT2D eigenvalue weighted by Crippen LogP contribution is -2.21. The van der Waals surface area contributed by atoms with Crippen LogP contribution in [0.25, 0.3) is 0 Å². The quantitative estimate of drug-likeness (QED) is 0.748. The molecule has 1 amide bonds. The molecule has 0 aliphatic rings. The van der Waals surface area contributed by atoms with Gasteiger partial charge in [-0.25, -0.2) is 13.1 Å². The highest BCUT2D eigenvalue weighted by Crippen LogP contribution is 2.29. The van der Waals surface area contributed by atoms with Gasteiger partial charge in [0.25, 0.3) is 5.91 Å². The summed E-state index contributed by atoms with van der Waals surface area (Å²) in [7, 11) is -2.46. The van der Waals surface area contributed by atoms with Gasteiger partial charge in [0, 0.05) is 11.3 Å². The first-order valence-electron chi connectivity index (χ1n) is 7.65. The van der Waals surface area contributed by atoms with Crippen LogP contribution in [0.1, 0.15) is 21.5 Å². The predicted octanol–water partition coefficient (Wildman–Crippen LogP) is 3.72. The third kappa shape index (κ3) is 4.94. The monoisotopic (exact) mass is 418 g/mol. The first-order valence-corrected chi connectivity index (χ1v) is 9.51. The smallest absolute Gasteiger partial charge is 0.387 e. The highest BCUT2D eigenvalue weighted by molar-refractivity contribution is 7.89. The number of hydrogen-bond donors (Lipinski definition) is 2. The van der Waals surface area contributed by atoms with Crippen molar-refractivity contribution in [1.29, 1.82) is 0 Å². The van der Waals surface area contributed by atoms with Crippen LogP contribution in [0.5, 0.6) is 5.75 Å². The van der Waals surface area contributed by atoms with Gasteiger partial charge in [0.1, 0.15) is 5.75 Å².